The molecular weight excluding hydrogens is 547 g/mol. The average Bonchev–Trinajstić information content (AvgIpc) is 2.70. The van der Waals surface area contributed by atoms with Crippen molar-refractivity contribution in [3.8, 4) is 0 Å². The average molecular weight is 568 g/mol. The number of halogens is 13. The van der Waals surface area contributed by atoms with Gasteiger partial charge in [-0.2, -0.15) is 57.1 Å². The number of benzene rings is 1. The quantitative estimate of drug-likeness (QED) is 0.249. The highest BCUT2D eigenvalue weighted by molar-refractivity contribution is 5.79. The minimum atomic E-state index is -8.08. The summed E-state index contributed by atoms with van der Waals surface area (Å²) in [6, 6.07) is 6.84. The van der Waals surface area contributed by atoms with Gasteiger partial charge < -0.3 is 9.84 Å². The van der Waals surface area contributed by atoms with E-state index in [1.807, 2.05) is 0 Å². The second-order valence-electron chi connectivity index (χ2n) is 9.20. The number of aryl methyl sites for hydroxylation is 1. The van der Waals surface area contributed by atoms with Crippen LogP contribution >= 0.6 is 0 Å². The summed E-state index contributed by atoms with van der Waals surface area (Å²) in [7, 11) is 0. The highest BCUT2D eigenvalue weighted by Crippen LogP contribution is 2.61. The number of carbonyl (C=O) groups excluding carboxylic acids is 1. The summed E-state index contributed by atoms with van der Waals surface area (Å²) in [5.74, 6) is -40.4. The largest absolute Gasteiger partial charge is 0.460 e. The van der Waals surface area contributed by atoms with E-state index in [-0.39, 0.29) is 5.56 Å². The Hall–Kier alpha value is -2.26. The topological polar surface area (TPSA) is 46.5 Å². The Morgan fingerprint density at radius 2 is 1.16 bits per heavy atom. The van der Waals surface area contributed by atoms with Gasteiger partial charge in [0.2, 0.25) is 0 Å². The standard InChI is InChI=1S/C21H21F13O3/c1-14(2,3)37-13(35)15(36,10-9-12-7-5-4-6-8-12)11-16(22,23)17(24,25)18(26,27)19(28,29)20(30,31)21(32,33)34/h4-8,36H,9-11H2,1-3H3. The Balaban J connectivity index is 3.52. The van der Waals surface area contributed by atoms with Gasteiger partial charge >= 0.3 is 41.8 Å². The van der Waals surface area contributed by atoms with Crippen molar-refractivity contribution in [2.75, 3.05) is 0 Å². The fraction of sp³-hybridized carbons (Fsp3) is 0.667. The van der Waals surface area contributed by atoms with Gasteiger partial charge in [0.1, 0.15) is 5.60 Å². The minimum absolute atomic E-state index is 0.182. The summed E-state index contributed by atoms with van der Waals surface area (Å²) >= 11 is 0. The third kappa shape index (κ3) is 6.25. The first-order valence-corrected chi connectivity index (χ1v) is 10.1. The molecule has 1 atom stereocenters. The zero-order valence-electron chi connectivity index (χ0n) is 19.2. The molecule has 1 aromatic carbocycles. The van der Waals surface area contributed by atoms with Gasteiger partial charge in [-0.25, -0.2) is 4.79 Å². The van der Waals surface area contributed by atoms with E-state index in [1.54, 1.807) is 0 Å². The number of carbonyl (C=O) groups is 1. The maximum absolute atomic E-state index is 14.5. The van der Waals surface area contributed by atoms with Crippen LogP contribution in [0.4, 0.5) is 57.1 Å². The lowest BCUT2D eigenvalue weighted by molar-refractivity contribution is -0.441. The van der Waals surface area contributed by atoms with Crippen molar-refractivity contribution < 1.29 is 71.7 Å². The summed E-state index contributed by atoms with van der Waals surface area (Å²) in [6.07, 6.45) is -12.5. The molecule has 0 saturated carbocycles. The number of ether oxygens (including phenoxy) is 1. The molecule has 0 bridgehead atoms. The fourth-order valence-corrected chi connectivity index (χ4v) is 2.91. The predicted molar refractivity (Wildman–Crippen MR) is 101 cm³/mol. The van der Waals surface area contributed by atoms with Crippen LogP contribution in [0.25, 0.3) is 0 Å². The summed E-state index contributed by atoms with van der Waals surface area (Å²) in [6.45, 7) is 3.34. The minimum Gasteiger partial charge on any atom is -0.458 e. The van der Waals surface area contributed by atoms with Crippen molar-refractivity contribution in [1.29, 1.82) is 0 Å². The van der Waals surface area contributed by atoms with Crippen LogP contribution in [0, 0.1) is 0 Å². The highest BCUT2D eigenvalue weighted by Gasteiger charge is 2.91. The summed E-state index contributed by atoms with van der Waals surface area (Å²) < 4.78 is 179. The second kappa shape index (κ2) is 9.80. The molecule has 0 aliphatic heterocycles. The van der Waals surface area contributed by atoms with Crippen LogP contribution in [0.1, 0.15) is 39.2 Å². The molecule has 0 aliphatic rings. The van der Waals surface area contributed by atoms with Crippen molar-refractivity contribution in [2.45, 2.75) is 87.0 Å². The lowest BCUT2D eigenvalue weighted by Gasteiger charge is -2.41. The molecule has 37 heavy (non-hydrogen) atoms. The number of aliphatic hydroxyl groups is 1. The molecule has 1 rings (SSSR count). The zero-order chi connectivity index (χ0) is 29.5. The predicted octanol–water partition coefficient (Wildman–Crippen LogP) is 6.82. The Morgan fingerprint density at radius 1 is 0.730 bits per heavy atom. The molecule has 0 saturated heterocycles. The second-order valence-corrected chi connectivity index (χ2v) is 9.20. The summed E-state index contributed by atoms with van der Waals surface area (Å²) in [5, 5.41) is 10.5. The Kier molecular flexibility index (Phi) is 8.68. The van der Waals surface area contributed by atoms with Gasteiger partial charge in [0.25, 0.3) is 0 Å². The molecular formula is C21H21F13O3. The number of rotatable bonds is 10. The van der Waals surface area contributed by atoms with Crippen LogP contribution in [0.2, 0.25) is 0 Å². The molecule has 0 aromatic heterocycles. The zero-order valence-corrected chi connectivity index (χ0v) is 19.2. The van der Waals surface area contributed by atoms with E-state index in [0.717, 1.165) is 20.8 Å². The van der Waals surface area contributed by atoms with E-state index in [2.05, 4.69) is 4.74 Å². The Bertz CT molecular complexity index is 937. The van der Waals surface area contributed by atoms with Crippen LogP contribution in [-0.4, -0.2) is 58.1 Å². The van der Waals surface area contributed by atoms with E-state index in [0.29, 0.717) is 0 Å². The summed E-state index contributed by atoms with van der Waals surface area (Å²) in [4.78, 5) is 12.4. The first-order valence-electron chi connectivity index (χ1n) is 10.1. The van der Waals surface area contributed by atoms with Crippen molar-refractivity contribution in [2.24, 2.45) is 0 Å². The molecule has 0 spiro atoms. The molecule has 16 heteroatoms. The van der Waals surface area contributed by atoms with Crippen molar-refractivity contribution >= 4 is 5.97 Å². The van der Waals surface area contributed by atoms with Gasteiger partial charge in [0.15, 0.2) is 5.60 Å². The lowest BCUT2D eigenvalue weighted by Crippen LogP contribution is -2.70. The molecule has 3 nitrogen and oxygen atoms in total. The third-order valence-electron chi connectivity index (χ3n) is 4.96. The lowest BCUT2D eigenvalue weighted by atomic mass is 9.84. The van der Waals surface area contributed by atoms with E-state index < -0.39 is 72.2 Å². The number of esters is 1. The van der Waals surface area contributed by atoms with Crippen molar-refractivity contribution in [3.05, 3.63) is 35.9 Å². The van der Waals surface area contributed by atoms with Crippen molar-refractivity contribution in [1.82, 2.24) is 0 Å². The monoisotopic (exact) mass is 568 g/mol. The maximum atomic E-state index is 14.5. The van der Waals surface area contributed by atoms with E-state index in [4.69, 9.17) is 0 Å². The number of hydrogen-bond acceptors (Lipinski definition) is 3. The molecule has 214 valence electrons. The SMILES string of the molecule is CC(C)(C)OC(=O)C(O)(CCc1ccccc1)CC(F)(F)C(F)(F)C(F)(F)C(F)(F)C(F)(F)C(F)(F)F. The first-order chi connectivity index (χ1) is 16.2. The fourth-order valence-electron chi connectivity index (χ4n) is 2.91. The van der Waals surface area contributed by atoms with Crippen LogP contribution in [-0.2, 0) is 16.0 Å². The van der Waals surface area contributed by atoms with Gasteiger partial charge in [-0.15, -0.1) is 0 Å². The van der Waals surface area contributed by atoms with Crippen LogP contribution in [0.5, 0.6) is 0 Å². The van der Waals surface area contributed by atoms with Crippen molar-refractivity contribution in [3.63, 3.8) is 0 Å². The number of hydrogen-bond donors (Lipinski definition) is 1. The Morgan fingerprint density at radius 3 is 1.57 bits per heavy atom. The molecule has 1 aromatic rings. The van der Waals surface area contributed by atoms with Crippen LogP contribution in [0.15, 0.2) is 30.3 Å². The molecule has 1 unspecified atom stereocenters. The van der Waals surface area contributed by atoms with Crippen LogP contribution in [0.3, 0.4) is 0 Å². The molecule has 0 fully saturated rings. The third-order valence-corrected chi connectivity index (χ3v) is 4.96. The molecule has 0 radical (unpaired) electrons. The van der Waals surface area contributed by atoms with E-state index in [1.165, 1.54) is 30.3 Å². The van der Waals surface area contributed by atoms with Crippen LogP contribution < -0.4 is 0 Å². The van der Waals surface area contributed by atoms with Gasteiger partial charge in [-0.1, -0.05) is 30.3 Å². The Labute approximate surface area is 201 Å². The highest BCUT2D eigenvalue weighted by atomic mass is 19.4. The normalized spacial score (nSPS) is 16.4. The van der Waals surface area contributed by atoms with Gasteiger partial charge in [0, 0.05) is 0 Å². The molecule has 0 heterocycles. The summed E-state index contributed by atoms with van der Waals surface area (Å²) in [5.41, 5.74) is -5.23. The smallest absolute Gasteiger partial charge is 0.458 e. The maximum Gasteiger partial charge on any atom is 0.460 e. The first kappa shape index (κ1) is 32.8. The van der Waals surface area contributed by atoms with Gasteiger partial charge in [-0.05, 0) is 39.2 Å². The number of alkyl halides is 13. The molecule has 1 N–H and O–H groups in total. The van der Waals surface area contributed by atoms with Gasteiger partial charge in [-0.3, -0.25) is 0 Å². The molecule has 0 aliphatic carbocycles. The van der Waals surface area contributed by atoms with Gasteiger partial charge in [0.05, 0.1) is 6.42 Å². The molecule has 0 amide bonds. The van der Waals surface area contributed by atoms with E-state index in [9.17, 15) is 67.0 Å². The van der Waals surface area contributed by atoms with E-state index >= 15 is 0 Å².